The lowest BCUT2D eigenvalue weighted by molar-refractivity contribution is -0.137. The van der Waals surface area contributed by atoms with Gasteiger partial charge in [-0.3, -0.25) is 4.79 Å². The van der Waals surface area contributed by atoms with Crippen molar-refractivity contribution in [3.05, 3.63) is 29.3 Å². The van der Waals surface area contributed by atoms with Crippen LogP contribution in [0.2, 0.25) is 0 Å². The molecular formula is C20H26F3N5O3S. The Hall–Kier alpha value is -2.36. The summed E-state index contributed by atoms with van der Waals surface area (Å²) in [5, 5.41) is 11.6. The number of carbonyl (C=O) groups is 1. The molecule has 0 aliphatic carbocycles. The van der Waals surface area contributed by atoms with Gasteiger partial charge in [0.2, 0.25) is 5.91 Å². The molecule has 32 heavy (non-hydrogen) atoms. The van der Waals surface area contributed by atoms with Crippen molar-refractivity contribution in [3.8, 4) is 6.07 Å². The van der Waals surface area contributed by atoms with Crippen molar-refractivity contribution in [2.24, 2.45) is 11.3 Å². The molecule has 1 N–H and O–H groups in total. The first-order chi connectivity index (χ1) is 14.9. The smallest absolute Gasteiger partial charge is 0.371 e. The van der Waals surface area contributed by atoms with Gasteiger partial charge in [0, 0.05) is 58.4 Å². The SMILES string of the molecule is CNC(=O)C1CN(S(=O)(=O)N(C)C)CC12CCN(c1ccc(C#N)c(C(F)(F)F)c1)CC2. The molecule has 3 rings (SSSR count). The number of nitriles is 1. The first-order valence-electron chi connectivity index (χ1n) is 10.1. The molecule has 2 aliphatic heterocycles. The number of carbonyl (C=O) groups excluding carboxylic acids is 1. The van der Waals surface area contributed by atoms with Gasteiger partial charge >= 0.3 is 6.18 Å². The molecule has 2 aliphatic rings. The Labute approximate surface area is 185 Å². The van der Waals surface area contributed by atoms with Crippen molar-refractivity contribution >= 4 is 21.8 Å². The summed E-state index contributed by atoms with van der Waals surface area (Å²) in [6, 6.07) is 5.20. The first kappa shape index (κ1) is 24.3. The number of alkyl halides is 3. The summed E-state index contributed by atoms with van der Waals surface area (Å²) < 4.78 is 67.8. The fourth-order valence-corrected chi connectivity index (χ4v) is 5.86. The molecule has 1 spiro atoms. The standard InChI is InChI=1S/C20H26F3N5O3S/c1-25-18(29)17-12-28(32(30,31)26(2)3)13-19(17)6-8-27(9-7-19)15-5-4-14(11-24)16(10-15)20(21,22)23/h4-5,10,17H,6-9,12-13H2,1-3H3,(H,25,29). The van der Waals surface area contributed by atoms with Crippen LogP contribution in [0.3, 0.4) is 0 Å². The van der Waals surface area contributed by atoms with Gasteiger partial charge in [-0.1, -0.05) is 0 Å². The highest BCUT2D eigenvalue weighted by Crippen LogP contribution is 2.47. The summed E-state index contributed by atoms with van der Waals surface area (Å²) in [6.45, 7) is 0.981. The van der Waals surface area contributed by atoms with Gasteiger partial charge in [-0.15, -0.1) is 0 Å². The molecule has 12 heteroatoms. The number of anilines is 1. The van der Waals surface area contributed by atoms with E-state index in [1.54, 1.807) is 11.0 Å². The highest BCUT2D eigenvalue weighted by atomic mass is 32.2. The lowest BCUT2D eigenvalue weighted by atomic mass is 9.70. The maximum absolute atomic E-state index is 13.3. The second kappa shape index (κ2) is 8.53. The Balaban J connectivity index is 1.85. The molecule has 0 aromatic heterocycles. The van der Waals surface area contributed by atoms with E-state index in [0.29, 0.717) is 31.6 Å². The minimum Gasteiger partial charge on any atom is -0.371 e. The van der Waals surface area contributed by atoms with E-state index < -0.39 is 38.8 Å². The average molecular weight is 474 g/mol. The van der Waals surface area contributed by atoms with Gasteiger partial charge in [0.1, 0.15) is 0 Å². The molecule has 2 saturated heterocycles. The van der Waals surface area contributed by atoms with Gasteiger partial charge in [-0.05, 0) is 31.0 Å². The summed E-state index contributed by atoms with van der Waals surface area (Å²) in [5.41, 5.74) is -1.67. The van der Waals surface area contributed by atoms with E-state index in [-0.39, 0.29) is 19.0 Å². The van der Waals surface area contributed by atoms with Crippen LogP contribution in [0.5, 0.6) is 0 Å². The lowest BCUT2D eigenvalue weighted by Gasteiger charge is -2.43. The Morgan fingerprint density at radius 1 is 1.28 bits per heavy atom. The number of hydrogen-bond acceptors (Lipinski definition) is 5. The highest BCUT2D eigenvalue weighted by Gasteiger charge is 2.54. The van der Waals surface area contributed by atoms with Crippen molar-refractivity contribution in [3.63, 3.8) is 0 Å². The van der Waals surface area contributed by atoms with Crippen molar-refractivity contribution in [2.45, 2.75) is 19.0 Å². The molecule has 176 valence electrons. The lowest BCUT2D eigenvalue weighted by Crippen LogP contribution is -2.48. The number of nitrogens with one attached hydrogen (secondary N) is 1. The van der Waals surface area contributed by atoms with Crippen LogP contribution < -0.4 is 10.2 Å². The summed E-state index contributed by atoms with van der Waals surface area (Å²) in [5.74, 6) is -0.788. The second-order valence-corrected chi connectivity index (χ2v) is 10.6. The van der Waals surface area contributed by atoms with Crippen LogP contribution in [0.15, 0.2) is 18.2 Å². The number of halogens is 3. The molecule has 0 saturated carbocycles. The van der Waals surface area contributed by atoms with Crippen molar-refractivity contribution < 1.29 is 26.4 Å². The van der Waals surface area contributed by atoms with Crippen molar-refractivity contribution in [1.82, 2.24) is 13.9 Å². The molecule has 1 atom stereocenters. The third-order valence-corrected chi connectivity index (χ3v) is 8.37. The minimum absolute atomic E-state index is 0.0648. The van der Waals surface area contributed by atoms with E-state index in [4.69, 9.17) is 5.26 Å². The van der Waals surface area contributed by atoms with Crippen LogP contribution in [0, 0.1) is 22.7 Å². The molecule has 1 aromatic rings. The molecule has 1 aromatic carbocycles. The van der Waals surface area contributed by atoms with Crippen LogP contribution in [0.25, 0.3) is 0 Å². The molecule has 8 nitrogen and oxygen atoms in total. The largest absolute Gasteiger partial charge is 0.417 e. The predicted molar refractivity (Wildman–Crippen MR) is 112 cm³/mol. The predicted octanol–water partition coefficient (Wildman–Crippen LogP) is 1.65. The second-order valence-electron chi connectivity index (χ2n) is 8.44. The van der Waals surface area contributed by atoms with Gasteiger partial charge in [-0.25, -0.2) is 0 Å². The molecule has 0 radical (unpaired) electrons. The minimum atomic E-state index is -4.64. The number of hydrogen-bond donors (Lipinski definition) is 1. The Morgan fingerprint density at radius 2 is 1.91 bits per heavy atom. The quantitative estimate of drug-likeness (QED) is 0.717. The zero-order valence-electron chi connectivity index (χ0n) is 18.1. The van der Waals surface area contributed by atoms with E-state index in [2.05, 4.69) is 5.32 Å². The average Bonchev–Trinajstić information content (AvgIpc) is 3.12. The van der Waals surface area contributed by atoms with Crippen LogP contribution in [0.1, 0.15) is 24.0 Å². The number of nitrogens with zero attached hydrogens (tertiary/aromatic N) is 4. The fraction of sp³-hybridized carbons (Fsp3) is 0.600. The summed E-state index contributed by atoms with van der Waals surface area (Å²) in [6.07, 6.45) is -3.74. The molecule has 0 bridgehead atoms. The fourth-order valence-electron chi connectivity index (χ4n) is 4.64. The monoisotopic (exact) mass is 473 g/mol. The first-order valence-corrected chi connectivity index (χ1v) is 11.5. The molecule has 1 unspecified atom stereocenters. The van der Waals surface area contributed by atoms with Crippen molar-refractivity contribution in [2.75, 3.05) is 52.2 Å². The Morgan fingerprint density at radius 3 is 2.41 bits per heavy atom. The normalized spacial score (nSPS) is 21.7. The van der Waals surface area contributed by atoms with Gasteiger partial charge in [0.25, 0.3) is 10.2 Å². The molecule has 2 fully saturated rings. The number of amides is 1. The van der Waals surface area contributed by atoms with Crippen LogP contribution in [0.4, 0.5) is 18.9 Å². The third-order valence-electron chi connectivity index (χ3n) is 6.52. The van der Waals surface area contributed by atoms with E-state index in [1.807, 2.05) is 0 Å². The topological polar surface area (TPSA) is 96.8 Å². The molecule has 2 heterocycles. The zero-order chi connectivity index (χ0) is 23.9. The van der Waals surface area contributed by atoms with E-state index in [1.165, 1.54) is 31.5 Å². The Kier molecular flexibility index (Phi) is 6.48. The molecule has 1 amide bonds. The van der Waals surface area contributed by atoms with Gasteiger partial charge < -0.3 is 10.2 Å². The molecular weight excluding hydrogens is 447 g/mol. The number of rotatable bonds is 4. The maximum atomic E-state index is 13.3. The number of benzene rings is 1. The van der Waals surface area contributed by atoms with Crippen LogP contribution in [-0.4, -0.2) is 70.3 Å². The maximum Gasteiger partial charge on any atom is 0.417 e. The van der Waals surface area contributed by atoms with Gasteiger partial charge in [-0.2, -0.15) is 35.5 Å². The number of piperidine rings is 1. The van der Waals surface area contributed by atoms with Crippen LogP contribution >= 0.6 is 0 Å². The highest BCUT2D eigenvalue weighted by molar-refractivity contribution is 7.86. The summed E-state index contributed by atoms with van der Waals surface area (Å²) in [7, 11) is 0.662. The van der Waals surface area contributed by atoms with Gasteiger partial charge in [0.15, 0.2) is 0 Å². The Bertz CT molecular complexity index is 1030. The third kappa shape index (κ3) is 4.29. The van der Waals surface area contributed by atoms with E-state index in [0.717, 1.165) is 16.4 Å². The van der Waals surface area contributed by atoms with Crippen LogP contribution in [-0.2, 0) is 21.2 Å². The van der Waals surface area contributed by atoms with E-state index in [9.17, 15) is 26.4 Å². The summed E-state index contributed by atoms with van der Waals surface area (Å²) >= 11 is 0. The van der Waals surface area contributed by atoms with E-state index >= 15 is 0 Å². The summed E-state index contributed by atoms with van der Waals surface area (Å²) in [4.78, 5) is 14.4. The van der Waals surface area contributed by atoms with Crippen molar-refractivity contribution in [1.29, 1.82) is 5.26 Å². The zero-order valence-corrected chi connectivity index (χ0v) is 18.9. The van der Waals surface area contributed by atoms with Gasteiger partial charge in [0.05, 0.1) is 23.1 Å².